The average Bonchev–Trinajstić information content (AvgIpc) is 3.14. The molecule has 1 aromatic heterocycles. The summed E-state index contributed by atoms with van der Waals surface area (Å²) in [6.07, 6.45) is 7.99. The van der Waals surface area contributed by atoms with Gasteiger partial charge in [0, 0.05) is 23.4 Å². The van der Waals surface area contributed by atoms with Crippen molar-refractivity contribution >= 4 is 17.5 Å². The third-order valence-electron chi connectivity index (χ3n) is 6.24. The third-order valence-corrected chi connectivity index (χ3v) is 6.24. The molecule has 2 aliphatic carbocycles. The normalized spacial score (nSPS) is 28.0. The van der Waals surface area contributed by atoms with Crippen LogP contribution in [-0.4, -0.2) is 23.6 Å². The summed E-state index contributed by atoms with van der Waals surface area (Å²) in [5.41, 5.74) is 2.04. The SMILES string of the molecule is CC1=NC2=C(C(=O)CC(C)(C)C2)[C@@H](c2ccco2)C1C(=O)OC1CCCCC1. The van der Waals surface area contributed by atoms with Gasteiger partial charge in [-0.1, -0.05) is 20.3 Å². The molecule has 1 aliphatic heterocycles. The molecule has 0 aromatic carbocycles. The predicted molar refractivity (Wildman–Crippen MR) is 106 cm³/mol. The largest absolute Gasteiger partial charge is 0.469 e. The van der Waals surface area contributed by atoms with E-state index in [0.29, 0.717) is 23.5 Å². The van der Waals surface area contributed by atoms with Crippen LogP contribution in [0.15, 0.2) is 39.1 Å². The number of ether oxygens (including phenoxy) is 1. The number of allylic oxidation sites excluding steroid dienone is 2. The Morgan fingerprint density at radius 1 is 1.21 bits per heavy atom. The molecule has 1 unspecified atom stereocenters. The fourth-order valence-corrected chi connectivity index (χ4v) is 4.95. The van der Waals surface area contributed by atoms with Crippen molar-refractivity contribution in [3.05, 3.63) is 35.4 Å². The zero-order chi connectivity index (χ0) is 19.9. The van der Waals surface area contributed by atoms with Crippen molar-refractivity contribution < 1.29 is 18.7 Å². The smallest absolute Gasteiger partial charge is 0.316 e. The van der Waals surface area contributed by atoms with Crippen LogP contribution in [0.3, 0.4) is 0 Å². The summed E-state index contributed by atoms with van der Waals surface area (Å²) in [5.74, 6) is -0.613. The molecule has 0 radical (unpaired) electrons. The number of aliphatic imine (C=N–C) groups is 1. The van der Waals surface area contributed by atoms with Gasteiger partial charge in [-0.05, 0) is 56.6 Å². The maximum atomic E-state index is 13.2. The highest BCUT2D eigenvalue weighted by molar-refractivity contribution is 6.08. The predicted octanol–water partition coefficient (Wildman–Crippen LogP) is 4.97. The van der Waals surface area contributed by atoms with Gasteiger partial charge in [-0.3, -0.25) is 14.6 Å². The van der Waals surface area contributed by atoms with Crippen molar-refractivity contribution in [3.63, 3.8) is 0 Å². The van der Waals surface area contributed by atoms with Gasteiger partial charge in [0.05, 0.1) is 12.2 Å². The fourth-order valence-electron chi connectivity index (χ4n) is 4.95. The molecule has 3 aliphatic rings. The topological polar surface area (TPSA) is 68.9 Å². The minimum Gasteiger partial charge on any atom is -0.469 e. The first kappa shape index (κ1) is 19.2. The second-order valence-electron chi connectivity index (χ2n) is 9.22. The Morgan fingerprint density at radius 3 is 2.64 bits per heavy atom. The van der Waals surface area contributed by atoms with Crippen LogP contribution in [-0.2, 0) is 14.3 Å². The molecule has 0 amide bonds. The number of Topliss-reactive ketones (excluding diaryl/α,β-unsaturated/α-hetero) is 1. The number of hydrogen-bond acceptors (Lipinski definition) is 5. The van der Waals surface area contributed by atoms with Gasteiger partial charge in [0.1, 0.15) is 17.8 Å². The molecule has 0 bridgehead atoms. The van der Waals surface area contributed by atoms with E-state index in [2.05, 4.69) is 13.8 Å². The van der Waals surface area contributed by atoms with Crippen molar-refractivity contribution in [2.24, 2.45) is 16.3 Å². The molecule has 1 aromatic rings. The van der Waals surface area contributed by atoms with Gasteiger partial charge in [0.2, 0.25) is 0 Å². The monoisotopic (exact) mass is 383 g/mol. The molecule has 0 saturated heterocycles. The molecule has 1 fully saturated rings. The Hall–Kier alpha value is -2.17. The molecule has 5 heteroatoms. The molecule has 4 rings (SSSR count). The lowest BCUT2D eigenvalue weighted by Gasteiger charge is -2.38. The van der Waals surface area contributed by atoms with Crippen LogP contribution in [0, 0.1) is 11.3 Å². The molecular weight excluding hydrogens is 354 g/mol. The minimum atomic E-state index is -0.600. The third kappa shape index (κ3) is 3.59. The summed E-state index contributed by atoms with van der Waals surface area (Å²) >= 11 is 0. The van der Waals surface area contributed by atoms with Crippen molar-refractivity contribution in [3.8, 4) is 0 Å². The van der Waals surface area contributed by atoms with Crippen LogP contribution in [0.1, 0.15) is 77.4 Å². The Labute approximate surface area is 166 Å². The molecule has 0 spiro atoms. The molecule has 28 heavy (non-hydrogen) atoms. The highest BCUT2D eigenvalue weighted by Gasteiger charge is 2.47. The zero-order valence-electron chi connectivity index (χ0n) is 17.0. The van der Waals surface area contributed by atoms with Crippen LogP contribution >= 0.6 is 0 Å². The molecule has 2 atom stereocenters. The van der Waals surface area contributed by atoms with Crippen LogP contribution in [0.25, 0.3) is 0 Å². The zero-order valence-corrected chi connectivity index (χ0v) is 17.0. The quantitative estimate of drug-likeness (QED) is 0.691. The number of rotatable bonds is 3. The fraction of sp³-hybridized carbons (Fsp3) is 0.609. The summed E-state index contributed by atoms with van der Waals surface area (Å²) in [4.78, 5) is 31.0. The number of furan rings is 1. The van der Waals surface area contributed by atoms with Crippen LogP contribution in [0.5, 0.6) is 0 Å². The molecule has 150 valence electrons. The van der Waals surface area contributed by atoms with Crippen LogP contribution in [0.4, 0.5) is 0 Å². The first-order valence-corrected chi connectivity index (χ1v) is 10.4. The lowest BCUT2D eigenvalue weighted by molar-refractivity contribution is -0.153. The van der Waals surface area contributed by atoms with Gasteiger partial charge in [-0.25, -0.2) is 0 Å². The Balaban J connectivity index is 1.70. The van der Waals surface area contributed by atoms with E-state index in [9.17, 15) is 9.59 Å². The summed E-state index contributed by atoms with van der Waals surface area (Å²) in [6, 6.07) is 3.65. The first-order valence-electron chi connectivity index (χ1n) is 10.4. The van der Waals surface area contributed by atoms with Crippen LogP contribution in [0.2, 0.25) is 0 Å². The van der Waals surface area contributed by atoms with E-state index in [0.717, 1.165) is 37.8 Å². The van der Waals surface area contributed by atoms with Crippen molar-refractivity contribution in [2.45, 2.75) is 77.7 Å². The second-order valence-corrected chi connectivity index (χ2v) is 9.22. The van der Waals surface area contributed by atoms with Gasteiger partial charge < -0.3 is 9.15 Å². The molecule has 0 N–H and O–H groups in total. The molecular formula is C23H29NO4. The average molecular weight is 383 g/mol. The summed E-state index contributed by atoms with van der Waals surface area (Å²) in [7, 11) is 0. The van der Waals surface area contributed by atoms with E-state index in [1.165, 1.54) is 6.42 Å². The lowest BCUT2D eigenvalue weighted by Crippen LogP contribution is -2.40. The van der Waals surface area contributed by atoms with Crippen molar-refractivity contribution in [1.29, 1.82) is 0 Å². The van der Waals surface area contributed by atoms with E-state index >= 15 is 0 Å². The van der Waals surface area contributed by atoms with Crippen molar-refractivity contribution in [2.75, 3.05) is 0 Å². The number of carbonyl (C=O) groups excluding carboxylic acids is 2. The number of carbonyl (C=O) groups is 2. The van der Waals surface area contributed by atoms with E-state index < -0.39 is 11.8 Å². The minimum absolute atomic E-state index is 0.0253. The maximum absolute atomic E-state index is 13.2. The summed E-state index contributed by atoms with van der Waals surface area (Å²) in [5, 5.41) is 0. The molecule has 1 saturated carbocycles. The summed E-state index contributed by atoms with van der Waals surface area (Å²) in [6.45, 7) is 6.05. The van der Waals surface area contributed by atoms with Crippen LogP contribution < -0.4 is 0 Å². The number of nitrogens with zero attached hydrogens (tertiary/aromatic N) is 1. The number of ketones is 1. The van der Waals surface area contributed by atoms with Crippen molar-refractivity contribution in [1.82, 2.24) is 0 Å². The Morgan fingerprint density at radius 2 is 1.96 bits per heavy atom. The highest BCUT2D eigenvalue weighted by atomic mass is 16.5. The van der Waals surface area contributed by atoms with Gasteiger partial charge in [-0.15, -0.1) is 0 Å². The second kappa shape index (κ2) is 7.34. The molecule has 5 nitrogen and oxygen atoms in total. The van der Waals surface area contributed by atoms with Gasteiger partial charge in [-0.2, -0.15) is 0 Å². The van der Waals surface area contributed by atoms with E-state index in [1.807, 2.05) is 13.0 Å². The highest BCUT2D eigenvalue weighted by Crippen LogP contribution is 2.48. The van der Waals surface area contributed by atoms with E-state index in [4.69, 9.17) is 14.1 Å². The Kier molecular flexibility index (Phi) is 5.02. The molecule has 2 heterocycles. The Bertz CT molecular complexity index is 825. The maximum Gasteiger partial charge on any atom is 0.316 e. The summed E-state index contributed by atoms with van der Waals surface area (Å²) < 4.78 is 11.6. The lowest BCUT2D eigenvalue weighted by atomic mass is 9.68. The number of hydrogen-bond donors (Lipinski definition) is 0. The van der Waals surface area contributed by atoms with E-state index in [-0.39, 0.29) is 23.3 Å². The van der Waals surface area contributed by atoms with Gasteiger partial charge >= 0.3 is 5.97 Å². The standard InChI is InChI=1S/C23H29NO4/c1-14-19(22(26)28-15-8-5-4-6-9-15)21(18-10-7-11-27-18)20-16(24-14)12-23(2,3)13-17(20)25/h7,10-11,15,19,21H,4-6,8-9,12-13H2,1-3H3/t19?,21-/m0/s1. The van der Waals surface area contributed by atoms with Gasteiger partial charge in [0.15, 0.2) is 5.78 Å². The number of esters is 1. The van der Waals surface area contributed by atoms with Gasteiger partial charge in [0.25, 0.3) is 0 Å². The first-order chi connectivity index (χ1) is 13.4. The van der Waals surface area contributed by atoms with E-state index in [1.54, 1.807) is 12.3 Å².